The molecule has 0 aromatic heterocycles. The molecule has 1 N–H and O–H groups in total. The first-order valence-corrected chi connectivity index (χ1v) is 5.93. The Morgan fingerprint density at radius 1 is 1.31 bits per heavy atom. The van der Waals surface area contributed by atoms with E-state index in [0.717, 1.165) is 18.4 Å². The van der Waals surface area contributed by atoms with Crippen LogP contribution in [-0.2, 0) is 4.79 Å². The molecule has 0 aliphatic heterocycles. The third-order valence-electron chi connectivity index (χ3n) is 4.42. The van der Waals surface area contributed by atoms with Gasteiger partial charge in [0.15, 0.2) is 5.78 Å². The van der Waals surface area contributed by atoms with E-state index in [4.69, 9.17) is 0 Å². The molecule has 0 aromatic rings. The number of aliphatic hydroxyl groups is 1. The third kappa shape index (κ3) is 1.47. The van der Waals surface area contributed by atoms with Crippen molar-refractivity contribution < 1.29 is 9.90 Å². The topological polar surface area (TPSA) is 37.3 Å². The van der Waals surface area contributed by atoms with E-state index < -0.39 is 6.10 Å². The van der Waals surface area contributed by atoms with Crippen LogP contribution in [0.5, 0.6) is 0 Å². The number of allylic oxidation sites excluding steroid dienone is 3. The molecule has 3 atom stereocenters. The summed E-state index contributed by atoms with van der Waals surface area (Å²) in [6.07, 6.45) is 2.90. The molecule has 0 bridgehead atoms. The van der Waals surface area contributed by atoms with Gasteiger partial charge in [-0.25, -0.2) is 0 Å². The van der Waals surface area contributed by atoms with E-state index in [1.807, 2.05) is 13.8 Å². The average Bonchev–Trinajstić information content (AvgIpc) is 2.20. The molecule has 0 aromatic carbocycles. The number of hydrogen-bond acceptors (Lipinski definition) is 2. The molecule has 0 spiro atoms. The first-order chi connectivity index (χ1) is 7.36. The predicted octanol–water partition coefficient (Wildman–Crippen LogP) is 2.63. The van der Waals surface area contributed by atoms with Crippen molar-refractivity contribution in [2.24, 2.45) is 11.3 Å². The standard InChI is InChI=1S/C14H20O2/c1-8-5-11-12(15)6-9(2)13(16)14(11,4)7-10(8)3/h6,11-12,15H,5,7H2,1-4H3/t11-,12+,14-/m1/s1. The van der Waals surface area contributed by atoms with Gasteiger partial charge in [0.25, 0.3) is 0 Å². The fraction of sp³-hybridized carbons (Fsp3) is 0.643. The van der Waals surface area contributed by atoms with Crippen LogP contribution in [0.2, 0.25) is 0 Å². The van der Waals surface area contributed by atoms with Crippen molar-refractivity contribution >= 4 is 5.78 Å². The van der Waals surface area contributed by atoms with Crippen molar-refractivity contribution in [1.29, 1.82) is 0 Å². The number of Topliss-reactive ketones (excluding diaryl/α,β-unsaturated/α-hetero) is 1. The lowest BCUT2D eigenvalue weighted by Gasteiger charge is -2.45. The maximum absolute atomic E-state index is 12.3. The average molecular weight is 220 g/mol. The normalized spacial score (nSPS) is 39.6. The first-order valence-electron chi connectivity index (χ1n) is 5.93. The van der Waals surface area contributed by atoms with Crippen molar-refractivity contribution in [3.8, 4) is 0 Å². The van der Waals surface area contributed by atoms with Crippen molar-refractivity contribution in [2.45, 2.75) is 46.6 Å². The number of carbonyl (C=O) groups is 1. The van der Waals surface area contributed by atoms with Gasteiger partial charge >= 0.3 is 0 Å². The Kier molecular flexibility index (Phi) is 2.58. The largest absolute Gasteiger partial charge is 0.389 e. The van der Waals surface area contributed by atoms with Crippen LogP contribution in [0.25, 0.3) is 0 Å². The molecule has 2 aliphatic rings. The number of rotatable bonds is 0. The molecule has 88 valence electrons. The highest BCUT2D eigenvalue weighted by Crippen LogP contribution is 2.49. The van der Waals surface area contributed by atoms with Crippen molar-refractivity contribution in [2.75, 3.05) is 0 Å². The quantitative estimate of drug-likeness (QED) is 0.637. The van der Waals surface area contributed by atoms with E-state index in [0.29, 0.717) is 0 Å². The van der Waals surface area contributed by atoms with E-state index in [-0.39, 0.29) is 17.1 Å². The summed E-state index contributed by atoms with van der Waals surface area (Å²) in [6, 6.07) is 0. The van der Waals surface area contributed by atoms with Crippen molar-refractivity contribution in [3.05, 3.63) is 22.8 Å². The lowest BCUT2D eigenvalue weighted by atomic mass is 9.58. The third-order valence-corrected chi connectivity index (χ3v) is 4.42. The van der Waals surface area contributed by atoms with Crippen LogP contribution < -0.4 is 0 Å². The maximum atomic E-state index is 12.3. The van der Waals surface area contributed by atoms with Gasteiger partial charge in [-0.05, 0) is 45.3 Å². The molecule has 0 radical (unpaired) electrons. The lowest BCUT2D eigenvalue weighted by Crippen LogP contribution is -2.47. The predicted molar refractivity (Wildman–Crippen MR) is 64.0 cm³/mol. The molecular weight excluding hydrogens is 200 g/mol. The van der Waals surface area contributed by atoms with Gasteiger partial charge in [0, 0.05) is 11.3 Å². The van der Waals surface area contributed by atoms with Crippen molar-refractivity contribution in [3.63, 3.8) is 0 Å². The Balaban J connectivity index is 2.47. The van der Waals surface area contributed by atoms with Crippen LogP contribution in [0.4, 0.5) is 0 Å². The Morgan fingerprint density at radius 2 is 1.94 bits per heavy atom. The van der Waals surface area contributed by atoms with Gasteiger partial charge in [0.05, 0.1) is 6.10 Å². The minimum absolute atomic E-state index is 0.0624. The van der Waals surface area contributed by atoms with Crippen LogP contribution in [-0.4, -0.2) is 17.0 Å². The van der Waals surface area contributed by atoms with Crippen LogP contribution in [0, 0.1) is 11.3 Å². The van der Waals surface area contributed by atoms with E-state index in [9.17, 15) is 9.90 Å². The van der Waals surface area contributed by atoms with Gasteiger partial charge in [-0.1, -0.05) is 18.1 Å². The fourth-order valence-corrected chi connectivity index (χ4v) is 3.21. The van der Waals surface area contributed by atoms with Gasteiger partial charge in [-0.2, -0.15) is 0 Å². The summed E-state index contributed by atoms with van der Waals surface area (Å²) in [5.41, 5.74) is 2.98. The summed E-state index contributed by atoms with van der Waals surface area (Å²) in [6.45, 7) is 8.03. The summed E-state index contributed by atoms with van der Waals surface area (Å²) in [7, 11) is 0. The summed E-state index contributed by atoms with van der Waals surface area (Å²) < 4.78 is 0. The summed E-state index contributed by atoms with van der Waals surface area (Å²) >= 11 is 0. The molecule has 0 fully saturated rings. The SMILES string of the molecule is CC1=C[C@H](O)[C@H]2CC(C)=C(C)C[C@@]2(C)C1=O. The molecule has 0 unspecified atom stereocenters. The molecule has 0 saturated carbocycles. The molecule has 0 saturated heterocycles. The monoisotopic (exact) mass is 220 g/mol. The zero-order valence-corrected chi connectivity index (χ0v) is 10.5. The molecule has 0 heterocycles. The highest BCUT2D eigenvalue weighted by Gasteiger charge is 2.49. The second kappa shape index (κ2) is 3.56. The van der Waals surface area contributed by atoms with E-state index >= 15 is 0 Å². The van der Waals surface area contributed by atoms with E-state index in [2.05, 4.69) is 13.8 Å². The van der Waals surface area contributed by atoms with Gasteiger partial charge in [-0.15, -0.1) is 0 Å². The molecule has 2 aliphatic carbocycles. The number of carbonyl (C=O) groups excluding carboxylic acids is 1. The summed E-state index contributed by atoms with van der Waals surface area (Å²) in [5, 5.41) is 10.1. The molecule has 0 amide bonds. The second-order valence-corrected chi connectivity index (χ2v) is 5.63. The Labute approximate surface area is 97.0 Å². The van der Waals surface area contributed by atoms with Crippen molar-refractivity contribution in [1.82, 2.24) is 0 Å². The first kappa shape index (κ1) is 11.6. The summed E-state index contributed by atoms with van der Waals surface area (Å²) in [4.78, 5) is 12.3. The smallest absolute Gasteiger partial charge is 0.164 e. The number of fused-ring (bicyclic) bond motifs is 1. The van der Waals surface area contributed by atoms with E-state index in [1.54, 1.807) is 6.08 Å². The second-order valence-electron chi connectivity index (χ2n) is 5.63. The Hall–Kier alpha value is -0.890. The van der Waals surface area contributed by atoms with Gasteiger partial charge < -0.3 is 5.11 Å². The fourth-order valence-electron chi connectivity index (χ4n) is 3.21. The minimum atomic E-state index is -0.467. The molecule has 16 heavy (non-hydrogen) atoms. The molecular formula is C14H20O2. The Bertz CT molecular complexity index is 403. The van der Waals surface area contributed by atoms with Crippen LogP contribution in [0.15, 0.2) is 22.8 Å². The number of ketones is 1. The van der Waals surface area contributed by atoms with Crippen LogP contribution in [0.3, 0.4) is 0 Å². The van der Waals surface area contributed by atoms with Crippen LogP contribution in [0.1, 0.15) is 40.5 Å². The van der Waals surface area contributed by atoms with E-state index in [1.165, 1.54) is 11.1 Å². The van der Waals surface area contributed by atoms with Crippen LogP contribution >= 0.6 is 0 Å². The molecule has 2 heteroatoms. The summed E-state index contributed by atoms with van der Waals surface area (Å²) in [5.74, 6) is 0.280. The van der Waals surface area contributed by atoms with Gasteiger partial charge in [0.2, 0.25) is 0 Å². The highest BCUT2D eigenvalue weighted by atomic mass is 16.3. The zero-order chi connectivity index (χ0) is 12.1. The van der Waals surface area contributed by atoms with Gasteiger partial charge in [-0.3, -0.25) is 4.79 Å². The maximum Gasteiger partial charge on any atom is 0.164 e. The number of hydrogen-bond donors (Lipinski definition) is 1. The molecule has 2 nitrogen and oxygen atoms in total. The molecule has 2 rings (SSSR count). The van der Waals surface area contributed by atoms with Gasteiger partial charge in [0.1, 0.15) is 0 Å². The lowest BCUT2D eigenvalue weighted by molar-refractivity contribution is -0.131. The highest BCUT2D eigenvalue weighted by molar-refractivity contribution is 6.00. The minimum Gasteiger partial charge on any atom is -0.389 e. The zero-order valence-electron chi connectivity index (χ0n) is 10.5. The Morgan fingerprint density at radius 3 is 2.56 bits per heavy atom. The number of aliphatic hydroxyl groups excluding tert-OH is 1.